The summed E-state index contributed by atoms with van der Waals surface area (Å²) in [5.41, 5.74) is -0.0527. The predicted octanol–water partition coefficient (Wildman–Crippen LogP) is 1.37. The van der Waals surface area contributed by atoms with Gasteiger partial charge in [-0.2, -0.15) is 0 Å². The van der Waals surface area contributed by atoms with Crippen molar-refractivity contribution < 1.29 is 14.7 Å². The van der Waals surface area contributed by atoms with Crippen LogP contribution in [0.15, 0.2) is 12.3 Å². The number of carbonyl (C=O) groups is 2. The number of aromatic nitrogens is 1. The highest BCUT2D eigenvalue weighted by molar-refractivity contribution is 6.33. The molecule has 1 amide bonds. The molecule has 1 aromatic rings. The molecule has 7 heteroatoms. The highest BCUT2D eigenvalue weighted by Crippen LogP contribution is 2.17. The van der Waals surface area contributed by atoms with E-state index in [4.69, 9.17) is 16.7 Å². The van der Waals surface area contributed by atoms with E-state index in [1.165, 1.54) is 12.3 Å². The molecule has 0 unspecified atom stereocenters. The molecule has 0 aliphatic rings. The molecule has 0 saturated carbocycles. The first-order valence-corrected chi connectivity index (χ1v) is 5.81. The van der Waals surface area contributed by atoms with Crippen molar-refractivity contribution in [2.24, 2.45) is 0 Å². The molecular weight excluding hydrogens is 258 g/mol. The van der Waals surface area contributed by atoms with Crippen LogP contribution >= 0.6 is 11.6 Å². The molecule has 0 aliphatic heterocycles. The minimum atomic E-state index is -1.14. The largest absolute Gasteiger partial charge is 0.478 e. The Labute approximate surface area is 109 Å². The molecule has 0 spiro atoms. The summed E-state index contributed by atoms with van der Waals surface area (Å²) < 4.78 is 0. The Kier molecular flexibility index (Phi) is 5.38. The topological polar surface area (TPSA) is 91.3 Å². The van der Waals surface area contributed by atoms with Crippen molar-refractivity contribution in [1.29, 1.82) is 0 Å². The lowest BCUT2D eigenvalue weighted by molar-refractivity contribution is -0.119. The Hall–Kier alpha value is -1.82. The molecule has 98 valence electrons. The number of hydrogen-bond acceptors (Lipinski definition) is 4. The minimum Gasteiger partial charge on any atom is -0.478 e. The van der Waals surface area contributed by atoms with Gasteiger partial charge in [-0.1, -0.05) is 18.5 Å². The number of nitrogens with one attached hydrogen (secondary N) is 2. The van der Waals surface area contributed by atoms with Crippen molar-refractivity contribution >= 4 is 29.3 Å². The van der Waals surface area contributed by atoms with Gasteiger partial charge in [0.25, 0.3) is 0 Å². The zero-order chi connectivity index (χ0) is 13.5. The standard InChI is InChI=1S/C11H14ClN3O3/c1-2-3-13-10(16)6-15-9-4-7(11(17)18)8(12)5-14-9/h4-5H,2-3,6H2,1H3,(H,13,16)(H,14,15)(H,17,18). The van der Waals surface area contributed by atoms with Crippen molar-refractivity contribution in [2.45, 2.75) is 13.3 Å². The summed E-state index contributed by atoms with van der Waals surface area (Å²) >= 11 is 5.67. The van der Waals surface area contributed by atoms with Gasteiger partial charge in [0.05, 0.1) is 17.1 Å². The number of rotatable bonds is 6. The first kappa shape index (κ1) is 14.2. The molecule has 3 N–H and O–H groups in total. The fraction of sp³-hybridized carbons (Fsp3) is 0.364. The highest BCUT2D eigenvalue weighted by atomic mass is 35.5. The lowest BCUT2D eigenvalue weighted by Crippen LogP contribution is -2.30. The van der Waals surface area contributed by atoms with Crippen LogP contribution in [0.3, 0.4) is 0 Å². The highest BCUT2D eigenvalue weighted by Gasteiger charge is 2.10. The van der Waals surface area contributed by atoms with E-state index in [9.17, 15) is 9.59 Å². The molecule has 1 aromatic heterocycles. The fourth-order valence-corrected chi connectivity index (χ4v) is 1.38. The number of halogens is 1. The van der Waals surface area contributed by atoms with Gasteiger partial charge >= 0.3 is 5.97 Å². The van der Waals surface area contributed by atoms with Crippen LogP contribution in [0.25, 0.3) is 0 Å². The van der Waals surface area contributed by atoms with Gasteiger partial charge in [-0.3, -0.25) is 4.79 Å². The summed E-state index contributed by atoms with van der Waals surface area (Å²) in [6.07, 6.45) is 2.09. The fourth-order valence-electron chi connectivity index (χ4n) is 1.20. The van der Waals surface area contributed by atoms with Gasteiger partial charge in [-0.15, -0.1) is 0 Å². The lowest BCUT2D eigenvalue weighted by Gasteiger charge is -2.07. The Bertz CT molecular complexity index is 451. The van der Waals surface area contributed by atoms with Crippen LogP contribution in [0.5, 0.6) is 0 Å². The quantitative estimate of drug-likeness (QED) is 0.727. The Balaban J connectivity index is 2.60. The molecule has 0 saturated heterocycles. The van der Waals surface area contributed by atoms with Gasteiger partial charge in [0.15, 0.2) is 0 Å². The number of hydrogen-bond donors (Lipinski definition) is 3. The van der Waals surface area contributed by atoms with E-state index in [-0.39, 0.29) is 23.0 Å². The molecular formula is C11H14ClN3O3. The molecule has 18 heavy (non-hydrogen) atoms. The van der Waals surface area contributed by atoms with Crippen molar-refractivity contribution in [3.8, 4) is 0 Å². The Morgan fingerprint density at radius 3 is 2.83 bits per heavy atom. The summed E-state index contributed by atoms with van der Waals surface area (Å²) in [6.45, 7) is 2.59. The van der Waals surface area contributed by atoms with Crippen LogP contribution in [0.4, 0.5) is 5.82 Å². The van der Waals surface area contributed by atoms with E-state index in [0.29, 0.717) is 12.4 Å². The summed E-state index contributed by atoms with van der Waals surface area (Å²) in [5.74, 6) is -1.02. The van der Waals surface area contributed by atoms with Crippen molar-refractivity contribution in [3.05, 3.63) is 22.8 Å². The molecule has 0 radical (unpaired) electrons. The van der Waals surface area contributed by atoms with E-state index in [2.05, 4.69) is 15.6 Å². The van der Waals surface area contributed by atoms with Crippen LogP contribution in [0.1, 0.15) is 23.7 Å². The normalized spacial score (nSPS) is 9.89. The molecule has 0 fully saturated rings. The second kappa shape index (κ2) is 6.80. The molecule has 0 aromatic carbocycles. The summed E-state index contributed by atoms with van der Waals surface area (Å²) in [7, 11) is 0. The molecule has 0 aliphatic carbocycles. The lowest BCUT2D eigenvalue weighted by atomic mass is 10.2. The van der Waals surface area contributed by atoms with E-state index in [1.54, 1.807) is 0 Å². The molecule has 0 atom stereocenters. The van der Waals surface area contributed by atoms with E-state index < -0.39 is 5.97 Å². The first-order chi connectivity index (χ1) is 8.54. The number of carbonyl (C=O) groups excluding carboxylic acids is 1. The maximum Gasteiger partial charge on any atom is 0.337 e. The van der Waals surface area contributed by atoms with Gasteiger partial charge < -0.3 is 15.7 Å². The summed E-state index contributed by atoms with van der Waals surface area (Å²) in [5, 5.41) is 14.3. The minimum absolute atomic E-state index is 0.0354. The predicted molar refractivity (Wildman–Crippen MR) is 68.0 cm³/mol. The third-order valence-corrected chi connectivity index (χ3v) is 2.39. The average Bonchev–Trinajstić information content (AvgIpc) is 2.35. The Morgan fingerprint density at radius 2 is 2.22 bits per heavy atom. The molecule has 1 heterocycles. The SMILES string of the molecule is CCCNC(=O)CNc1cc(C(=O)O)c(Cl)cn1. The number of anilines is 1. The molecule has 1 rings (SSSR count). The van der Waals surface area contributed by atoms with Crippen LogP contribution in [-0.4, -0.2) is 35.1 Å². The third-order valence-electron chi connectivity index (χ3n) is 2.09. The van der Waals surface area contributed by atoms with E-state index in [0.717, 1.165) is 6.42 Å². The van der Waals surface area contributed by atoms with Gasteiger partial charge in [-0.25, -0.2) is 9.78 Å². The van der Waals surface area contributed by atoms with Crippen molar-refractivity contribution in [1.82, 2.24) is 10.3 Å². The van der Waals surface area contributed by atoms with E-state index in [1.807, 2.05) is 6.92 Å². The van der Waals surface area contributed by atoms with Gasteiger partial charge in [0, 0.05) is 12.7 Å². The second-order valence-electron chi connectivity index (χ2n) is 3.56. The number of carboxylic acid groups (broad SMARTS) is 1. The van der Waals surface area contributed by atoms with Gasteiger partial charge in [0.2, 0.25) is 5.91 Å². The van der Waals surface area contributed by atoms with Crippen LogP contribution in [-0.2, 0) is 4.79 Å². The first-order valence-electron chi connectivity index (χ1n) is 5.44. The molecule has 6 nitrogen and oxygen atoms in total. The van der Waals surface area contributed by atoms with Gasteiger partial charge in [0.1, 0.15) is 5.82 Å². The number of aromatic carboxylic acids is 1. The van der Waals surface area contributed by atoms with Crippen LogP contribution in [0, 0.1) is 0 Å². The Morgan fingerprint density at radius 1 is 1.50 bits per heavy atom. The number of amides is 1. The monoisotopic (exact) mass is 271 g/mol. The van der Waals surface area contributed by atoms with Crippen molar-refractivity contribution in [2.75, 3.05) is 18.4 Å². The smallest absolute Gasteiger partial charge is 0.337 e. The zero-order valence-corrected chi connectivity index (χ0v) is 10.6. The zero-order valence-electron chi connectivity index (χ0n) is 9.86. The maximum absolute atomic E-state index is 11.3. The number of nitrogens with zero attached hydrogens (tertiary/aromatic N) is 1. The third kappa shape index (κ3) is 4.21. The van der Waals surface area contributed by atoms with E-state index >= 15 is 0 Å². The summed E-state index contributed by atoms with van der Waals surface area (Å²) in [6, 6.07) is 1.29. The van der Waals surface area contributed by atoms with Crippen molar-refractivity contribution in [3.63, 3.8) is 0 Å². The van der Waals surface area contributed by atoms with Gasteiger partial charge in [-0.05, 0) is 12.5 Å². The maximum atomic E-state index is 11.3. The van der Waals surface area contributed by atoms with Crippen LogP contribution in [0.2, 0.25) is 5.02 Å². The second-order valence-corrected chi connectivity index (χ2v) is 3.97. The van der Waals surface area contributed by atoms with Crippen LogP contribution < -0.4 is 10.6 Å². The average molecular weight is 272 g/mol. The summed E-state index contributed by atoms with van der Waals surface area (Å²) in [4.78, 5) is 26.0. The number of carboxylic acids is 1. The molecule has 0 bridgehead atoms. The number of pyridine rings is 1.